The van der Waals surface area contributed by atoms with E-state index in [9.17, 15) is 9.50 Å². The summed E-state index contributed by atoms with van der Waals surface area (Å²) >= 11 is 1.69. The van der Waals surface area contributed by atoms with Crippen molar-refractivity contribution in [3.05, 3.63) is 101 Å². The normalized spacial score (nSPS) is 20.9. The van der Waals surface area contributed by atoms with Crippen LogP contribution in [0.4, 0.5) is 4.39 Å². The molecule has 1 aliphatic heterocycles. The van der Waals surface area contributed by atoms with Crippen LogP contribution in [0.25, 0.3) is 10.9 Å². The van der Waals surface area contributed by atoms with Gasteiger partial charge in [-0.1, -0.05) is 36.4 Å². The predicted molar refractivity (Wildman–Crippen MR) is 144 cm³/mol. The standard InChI is InChI=1S/C30H31FN2O2S/c1-19-15-22(31)9-11-24(19)27-18-30(34,13-14-32-27)28(20-7-5-4-6-8-20)25-17-21-16-23(36-3)10-12-26(21)33-29(25)35-2/h4-12,15-17,27-28,32,34H,13-14,18H2,1-3H3. The monoisotopic (exact) mass is 502 g/mol. The number of aromatic nitrogens is 1. The van der Waals surface area contributed by atoms with E-state index in [-0.39, 0.29) is 17.8 Å². The van der Waals surface area contributed by atoms with Gasteiger partial charge in [-0.25, -0.2) is 9.37 Å². The first-order valence-electron chi connectivity index (χ1n) is 12.2. The number of hydrogen-bond donors (Lipinski definition) is 2. The van der Waals surface area contributed by atoms with Crippen molar-refractivity contribution in [2.75, 3.05) is 19.9 Å². The van der Waals surface area contributed by atoms with Gasteiger partial charge in [0.25, 0.3) is 0 Å². The van der Waals surface area contributed by atoms with E-state index >= 15 is 0 Å². The molecule has 3 unspecified atom stereocenters. The van der Waals surface area contributed by atoms with Gasteiger partial charge in [-0.2, -0.15) is 0 Å². The van der Waals surface area contributed by atoms with Gasteiger partial charge >= 0.3 is 0 Å². The van der Waals surface area contributed by atoms with Crippen molar-refractivity contribution in [1.82, 2.24) is 10.3 Å². The summed E-state index contributed by atoms with van der Waals surface area (Å²) in [4.78, 5) is 6.00. The van der Waals surface area contributed by atoms with Crippen LogP contribution in [0.3, 0.4) is 0 Å². The number of fused-ring (bicyclic) bond motifs is 1. The number of aliphatic hydroxyl groups is 1. The summed E-state index contributed by atoms with van der Waals surface area (Å²) < 4.78 is 19.6. The molecular weight excluding hydrogens is 471 g/mol. The molecule has 4 aromatic rings. The van der Waals surface area contributed by atoms with E-state index in [1.54, 1.807) is 24.9 Å². The molecule has 2 N–H and O–H groups in total. The van der Waals surface area contributed by atoms with Gasteiger partial charge in [0.1, 0.15) is 5.82 Å². The number of nitrogens with one attached hydrogen (secondary N) is 1. The van der Waals surface area contributed by atoms with E-state index in [2.05, 4.69) is 41.9 Å². The molecule has 0 saturated carbocycles. The number of rotatable bonds is 6. The summed E-state index contributed by atoms with van der Waals surface area (Å²) in [6.45, 7) is 2.56. The lowest BCUT2D eigenvalue weighted by Gasteiger charge is -2.44. The maximum Gasteiger partial charge on any atom is 0.217 e. The lowest BCUT2D eigenvalue weighted by atomic mass is 9.70. The average Bonchev–Trinajstić information content (AvgIpc) is 2.88. The summed E-state index contributed by atoms with van der Waals surface area (Å²) in [6, 6.07) is 23.2. The molecule has 1 aliphatic rings. The van der Waals surface area contributed by atoms with Crippen LogP contribution in [0.1, 0.15) is 47.1 Å². The van der Waals surface area contributed by atoms with Gasteiger partial charge in [0.05, 0.1) is 18.2 Å². The number of nitrogens with zero attached hydrogens (tertiary/aromatic N) is 1. The Morgan fingerprint density at radius 1 is 1.11 bits per heavy atom. The Balaban J connectivity index is 1.65. The highest BCUT2D eigenvalue weighted by Crippen LogP contribution is 2.47. The fourth-order valence-electron chi connectivity index (χ4n) is 5.58. The maximum absolute atomic E-state index is 13.8. The van der Waals surface area contributed by atoms with Gasteiger partial charge < -0.3 is 15.2 Å². The maximum atomic E-state index is 13.8. The molecule has 0 aliphatic carbocycles. The van der Waals surface area contributed by atoms with E-state index in [4.69, 9.17) is 9.72 Å². The molecule has 2 heterocycles. The van der Waals surface area contributed by atoms with Crippen LogP contribution in [0, 0.1) is 12.7 Å². The zero-order chi connectivity index (χ0) is 25.3. The zero-order valence-corrected chi connectivity index (χ0v) is 21.6. The van der Waals surface area contributed by atoms with Crippen LogP contribution in [0.2, 0.25) is 0 Å². The van der Waals surface area contributed by atoms with Crippen molar-refractivity contribution in [2.45, 2.75) is 42.2 Å². The summed E-state index contributed by atoms with van der Waals surface area (Å²) in [6.07, 6.45) is 3.10. The number of piperidine rings is 1. The summed E-state index contributed by atoms with van der Waals surface area (Å²) in [5.41, 5.74) is 3.55. The fourth-order valence-corrected chi connectivity index (χ4v) is 6.03. The van der Waals surface area contributed by atoms with E-state index in [0.717, 1.165) is 38.1 Å². The highest BCUT2D eigenvalue weighted by molar-refractivity contribution is 7.98. The van der Waals surface area contributed by atoms with Crippen molar-refractivity contribution in [2.24, 2.45) is 0 Å². The second-order valence-corrected chi connectivity index (χ2v) is 10.4. The molecule has 1 saturated heterocycles. The number of aryl methyl sites for hydroxylation is 1. The Labute approximate surface area is 215 Å². The number of pyridine rings is 1. The molecular formula is C30H31FN2O2S. The number of thioether (sulfide) groups is 1. The van der Waals surface area contributed by atoms with E-state index < -0.39 is 5.60 Å². The molecule has 1 aromatic heterocycles. The topological polar surface area (TPSA) is 54.4 Å². The lowest BCUT2D eigenvalue weighted by molar-refractivity contribution is -0.0197. The van der Waals surface area contributed by atoms with E-state index in [1.165, 1.54) is 6.07 Å². The minimum absolute atomic E-state index is 0.0990. The van der Waals surface area contributed by atoms with E-state index in [1.807, 2.05) is 37.3 Å². The Morgan fingerprint density at radius 3 is 2.64 bits per heavy atom. The minimum Gasteiger partial charge on any atom is -0.481 e. The van der Waals surface area contributed by atoms with Crippen LogP contribution in [-0.2, 0) is 0 Å². The molecule has 5 rings (SSSR count). The number of benzene rings is 3. The molecule has 3 aromatic carbocycles. The molecule has 36 heavy (non-hydrogen) atoms. The van der Waals surface area contributed by atoms with Crippen molar-refractivity contribution in [3.8, 4) is 5.88 Å². The molecule has 0 amide bonds. The summed E-state index contributed by atoms with van der Waals surface area (Å²) in [7, 11) is 1.63. The lowest BCUT2D eigenvalue weighted by Crippen LogP contribution is -2.48. The van der Waals surface area contributed by atoms with Crippen molar-refractivity contribution < 1.29 is 14.2 Å². The zero-order valence-electron chi connectivity index (χ0n) is 20.8. The second-order valence-electron chi connectivity index (χ2n) is 9.55. The number of ether oxygens (including phenoxy) is 1. The van der Waals surface area contributed by atoms with Crippen LogP contribution < -0.4 is 10.1 Å². The predicted octanol–water partition coefficient (Wildman–Crippen LogP) is 6.40. The molecule has 4 nitrogen and oxygen atoms in total. The van der Waals surface area contributed by atoms with Crippen LogP contribution in [-0.4, -0.2) is 35.6 Å². The number of hydrogen-bond acceptors (Lipinski definition) is 5. The Morgan fingerprint density at radius 2 is 1.92 bits per heavy atom. The Kier molecular flexibility index (Phi) is 7.02. The molecule has 186 valence electrons. The van der Waals surface area contributed by atoms with Gasteiger partial charge in [0.2, 0.25) is 5.88 Å². The van der Waals surface area contributed by atoms with Crippen LogP contribution in [0.5, 0.6) is 5.88 Å². The Hall–Kier alpha value is -2.93. The van der Waals surface area contributed by atoms with Crippen molar-refractivity contribution in [1.29, 1.82) is 0 Å². The third-order valence-electron chi connectivity index (χ3n) is 7.30. The number of methoxy groups -OCH3 is 1. The molecule has 0 bridgehead atoms. The summed E-state index contributed by atoms with van der Waals surface area (Å²) in [5, 5.41) is 17.0. The van der Waals surface area contributed by atoms with Gasteiger partial charge in [0, 0.05) is 27.8 Å². The van der Waals surface area contributed by atoms with Crippen LogP contribution in [0.15, 0.2) is 77.7 Å². The van der Waals surface area contributed by atoms with Crippen LogP contribution >= 0.6 is 11.8 Å². The molecule has 3 atom stereocenters. The summed E-state index contributed by atoms with van der Waals surface area (Å²) in [5.74, 6) is -0.0790. The van der Waals surface area contributed by atoms with Gasteiger partial charge in [-0.15, -0.1) is 11.8 Å². The van der Waals surface area contributed by atoms with Crippen molar-refractivity contribution in [3.63, 3.8) is 0 Å². The highest BCUT2D eigenvalue weighted by atomic mass is 32.2. The Bertz CT molecular complexity index is 1380. The van der Waals surface area contributed by atoms with E-state index in [0.29, 0.717) is 25.3 Å². The molecule has 0 radical (unpaired) electrons. The molecule has 6 heteroatoms. The van der Waals surface area contributed by atoms with Crippen molar-refractivity contribution >= 4 is 22.7 Å². The van der Waals surface area contributed by atoms with Gasteiger partial charge in [-0.05, 0) is 85.7 Å². The third-order valence-corrected chi connectivity index (χ3v) is 8.03. The number of halogens is 1. The third kappa shape index (κ3) is 4.73. The minimum atomic E-state index is -1.07. The fraction of sp³-hybridized carbons (Fsp3) is 0.300. The second kappa shape index (κ2) is 10.2. The SMILES string of the molecule is COc1nc2ccc(SC)cc2cc1C(c1ccccc1)C1(O)CCNC(c2ccc(F)cc2C)C1. The molecule has 0 spiro atoms. The average molecular weight is 503 g/mol. The van der Waals surface area contributed by atoms with Gasteiger partial charge in [-0.3, -0.25) is 0 Å². The van der Waals surface area contributed by atoms with Gasteiger partial charge in [0.15, 0.2) is 0 Å². The quantitative estimate of drug-likeness (QED) is 0.299. The largest absolute Gasteiger partial charge is 0.481 e. The first kappa shape index (κ1) is 24.8. The highest BCUT2D eigenvalue weighted by Gasteiger charge is 2.44. The smallest absolute Gasteiger partial charge is 0.217 e. The molecule has 1 fully saturated rings. The first-order chi connectivity index (χ1) is 17.4. The first-order valence-corrected chi connectivity index (χ1v) is 13.4.